The summed E-state index contributed by atoms with van der Waals surface area (Å²) in [5.41, 5.74) is 1.95. The van der Waals surface area contributed by atoms with Crippen LogP contribution in [0.5, 0.6) is 5.75 Å². The van der Waals surface area contributed by atoms with Crippen LogP contribution in [0.25, 0.3) is 0 Å². The molecule has 0 amide bonds. The fraction of sp³-hybridized carbons (Fsp3) is 0.357. The summed E-state index contributed by atoms with van der Waals surface area (Å²) in [6.07, 6.45) is 4.84. The highest BCUT2D eigenvalue weighted by atomic mass is 16.5. The number of ketones is 1. The molecule has 0 aliphatic rings. The maximum absolute atomic E-state index is 12.6. The molecule has 5 nitrogen and oxygen atoms in total. The van der Waals surface area contributed by atoms with Gasteiger partial charge in [-0.2, -0.15) is 5.10 Å². The number of hydrogen-bond donors (Lipinski definition) is 0. The van der Waals surface area contributed by atoms with Crippen LogP contribution < -0.4 is 4.74 Å². The third-order valence-electron chi connectivity index (χ3n) is 2.82. The van der Waals surface area contributed by atoms with Gasteiger partial charge >= 0.3 is 0 Å². The Labute approximate surface area is 112 Å². The molecule has 2 aromatic rings. The van der Waals surface area contributed by atoms with Crippen LogP contribution in [0.15, 0.2) is 24.7 Å². The average molecular weight is 259 g/mol. The molecule has 100 valence electrons. The van der Waals surface area contributed by atoms with E-state index in [1.807, 2.05) is 26.8 Å². The molecule has 2 aromatic heterocycles. The third-order valence-corrected chi connectivity index (χ3v) is 2.82. The molecule has 5 heteroatoms. The number of rotatable bonds is 4. The van der Waals surface area contributed by atoms with Crippen molar-refractivity contribution >= 4 is 5.78 Å². The van der Waals surface area contributed by atoms with Gasteiger partial charge in [-0.25, -0.2) is 0 Å². The van der Waals surface area contributed by atoms with Crippen molar-refractivity contribution in [3.05, 3.63) is 41.5 Å². The van der Waals surface area contributed by atoms with E-state index in [1.165, 1.54) is 7.11 Å². The third kappa shape index (κ3) is 2.50. The molecule has 0 bridgehead atoms. The number of methoxy groups -OCH3 is 1. The van der Waals surface area contributed by atoms with Gasteiger partial charge in [-0.3, -0.25) is 14.5 Å². The number of ether oxygens (including phenoxy) is 1. The molecule has 0 saturated carbocycles. The molecule has 0 spiro atoms. The predicted molar refractivity (Wildman–Crippen MR) is 71.6 cm³/mol. The quantitative estimate of drug-likeness (QED) is 0.791. The van der Waals surface area contributed by atoms with Crippen molar-refractivity contribution < 1.29 is 9.53 Å². The zero-order chi connectivity index (χ0) is 14.0. The molecule has 0 aliphatic carbocycles. The molecule has 0 fully saturated rings. The van der Waals surface area contributed by atoms with Gasteiger partial charge in [-0.1, -0.05) is 0 Å². The van der Waals surface area contributed by atoms with Crippen molar-refractivity contribution in [1.29, 1.82) is 0 Å². The fourth-order valence-corrected chi connectivity index (χ4v) is 1.92. The molecular weight excluding hydrogens is 242 g/mol. The van der Waals surface area contributed by atoms with Gasteiger partial charge in [0.1, 0.15) is 0 Å². The number of carbonyl (C=O) groups excluding carboxylic acids is 1. The lowest BCUT2D eigenvalue weighted by atomic mass is 10.1. The highest BCUT2D eigenvalue weighted by molar-refractivity contribution is 6.09. The molecule has 0 saturated heterocycles. The standard InChI is InChI=1S/C14H17N3O2/c1-9(2)17-13(12(19-4)8-16-17)14(18)11-5-10(3)6-15-7-11/h5-9H,1-4H3. The first kappa shape index (κ1) is 13.3. The van der Waals surface area contributed by atoms with Crippen molar-refractivity contribution in [2.24, 2.45) is 0 Å². The van der Waals surface area contributed by atoms with Crippen molar-refractivity contribution in [1.82, 2.24) is 14.8 Å². The topological polar surface area (TPSA) is 57.0 Å². The van der Waals surface area contributed by atoms with E-state index in [9.17, 15) is 4.79 Å². The lowest BCUT2D eigenvalue weighted by Crippen LogP contribution is -2.14. The zero-order valence-electron chi connectivity index (χ0n) is 11.5. The van der Waals surface area contributed by atoms with Crippen molar-refractivity contribution in [2.75, 3.05) is 7.11 Å². The SMILES string of the molecule is COc1cnn(C(C)C)c1C(=O)c1cncc(C)c1. The van der Waals surface area contributed by atoms with Crippen LogP contribution in [0.4, 0.5) is 0 Å². The summed E-state index contributed by atoms with van der Waals surface area (Å²) in [4.78, 5) is 16.6. The Hall–Kier alpha value is -2.17. The van der Waals surface area contributed by atoms with Crippen LogP contribution in [0.3, 0.4) is 0 Å². The van der Waals surface area contributed by atoms with Gasteiger partial charge in [0, 0.05) is 24.0 Å². The Kier molecular flexibility index (Phi) is 3.64. The first-order chi connectivity index (χ1) is 9.04. The van der Waals surface area contributed by atoms with E-state index in [1.54, 1.807) is 23.3 Å². The summed E-state index contributed by atoms with van der Waals surface area (Å²) in [7, 11) is 1.53. The van der Waals surface area contributed by atoms with Crippen LogP contribution in [-0.4, -0.2) is 27.7 Å². The van der Waals surface area contributed by atoms with Crippen LogP contribution in [0.2, 0.25) is 0 Å². The minimum absolute atomic E-state index is 0.0839. The minimum Gasteiger partial charge on any atom is -0.493 e. The summed E-state index contributed by atoms with van der Waals surface area (Å²) >= 11 is 0. The van der Waals surface area contributed by atoms with E-state index >= 15 is 0 Å². The Morgan fingerprint density at radius 1 is 1.32 bits per heavy atom. The van der Waals surface area contributed by atoms with Gasteiger partial charge < -0.3 is 4.74 Å². The smallest absolute Gasteiger partial charge is 0.216 e. The number of nitrogens with zero attached hydrogens (tertiary/aromatic N) is 3. The van der Waals surface area contributed by atoms with E-state index in [-0.39, 0.29) is 11.8 Å². The average Bonchev–Trinajstić information content (AvgIpc) is 2.81. The molecule has 0 N–H and O–H groups in total. The van der Waals surface area contributed by atoms with E-state index in [0.29, 0.717) is 17.0 Å². The summed E-state index contributed by atoms with van der Waals surface area (Å²) < 4.78 is 6.89. The lowest BCUT2D eigenvalue weighted by molar-refractivity contribution is 0.102. The van der Waals surface area contributed by atoms with Gasteiger partial charge in [-0.05, 0) is 32.4 Å². The monoisotopic (exact) mass is 259 g/mol. The highest BCUT2D eigenvalue weighted by Gasteiger charge is 2.22. The van der Waals surface area contributed by atoms with Gasteiger partial charge in [0.15, 0.2) is 11.4 Å². The molecule has 2 heterocycles. The van der Waals surface area contributed by atoms with Gasteiger partial charge in [0.2, 0.25) is 5.78 Å². The fourth-order valence-electron chi connectivity index (χ4n) is 1.92. The molecule has 19 heavy (non-hydrogen) atoms. The van der Waals surface area contributed by atoms with Gasteiger partial charge in [0.05, 0.1) is 13.3 Å². The van der Waals surface area contributed by atoms with Gasteiger partial charge in [-0.15, -0.1) is 0 Å². The number of carbonyl (C=O) groups is 1. The molecule has 0 unspecified atom stereocenters. The molecule has 0 aliphatic heterocycles. The van der Waals surface area contributed by atoms with E-state index in [0.717, 1.165) is 5.56 Å². The Morgan fingerprint density at radius 3 is 2.63 bits per heavy atom. The normalized spacial score (nSPS) is 10.8. The number of hydrogen-bond acceptors (Lipinski definition) is 4. The second-order valence-electron chi connectivity index (χ2n) is 4.68. The first-order valence-corrected chi connectivity index (χ1v) is 6.12. The predicted octanol–water partition coefficient (Wildman–Crippen LogP) is 2.41. The Balaban J connectivity index is 2.51. The minimum atomic E-state index is -0.126. The van der Waals surface area contributed by atoms with Crippen LogP contribution in [0, 0.1) is 6.92 Å². The van der Waals surface area contributed by atoms with E-state index < -0.39 is 0 Å². The molecule has 0 atom stereocenters. The molecule has 0 aromatic carbocycles. The lowest BCUT2D eigenvalue weighted by Gasteiger charge is -2.11. The summed E-state index contributed by atoms with van der Waals surface area (Å²) in [6.45, 7) is 5.84. The zero-order valence-corrected chi connectivity index (χ0v) is 11.5. The summed E-state index contributed by atoms with van der Waals surface area (Å²) in [6, 6.07) is 1.90. The second kappa shape index (κ2) is 5.22. The van der Waals surface area contributed by atoms with Crippen molar-refractivity contribution in [3.8, 4) is 5.75 Å². The largest absolute Gasteiger partial charge is 0.493 e. The Morgan fingerprint density at radius 2 is 2.05 bits per heavy atom. The van der Waals surface area contributed by atoms with Crippen LogP contribution >= 0.6 is 0 Å². The number of pyridine rings is 1. The Bertz CT molecular complexity index is 602. The summed E-state index contributed by atoms with van der Waals surface area (Å²) in [5.74, 6) is 0.361. The van der Waals surface area contributed by atoms with Gasteiger partial charge in [0.25, 0.3) is 0 Å². The molecular formula is C14H17N3O2. The first-order valence-electron chi connectivity index (χ1n) is 6.12. The summed E-state index contributed by atoms with van der Waals surface area (Å²) in [5, 5.41) is 4.21. The highest BCUT2D eigenvalue weighted by Crippen LogP contribution is 2.24. The van der Waals surface area contributed by atoms with Crippen LogP contribution in [0.1, 0.15) is 41.5 Å². The van der Waals surface area contributed by atoms with Crippen LogP contribution in [-0.2, 0) is 0 Å². The number of aryl methyl sites for hydroxylation is 1. The van der Waals surface area contributed by atoms with E-state index in [2.05, 4.69) is 10.1 Å². The number of aromatic nitrogens is 3. The van der Waals surface area contributed by atoms with Crippen molar-refractivity contribution in [2.45, 2.75) is 26.8 Å². The van der Waals surface area contributed by atoms with E-state index in [4.69, 9.17) is 4.74 Å². The molecule has 2 rings (SSSR count). The maximum atomic E-state index is 12.6. The second-order valence-corrected chi connectivity index (χ2v) is 4.68. The molecule has 0 radical (unpaired) electrons. The van der Waals surface area contributed by atoms with Crippen molar-refractivity contribution in [3.63, 3.8) is 0 Å². The maximum Gasteiger partial charge on any atom is 0.216 e.